The molecule has 29 nitrogen and oxygen atoms in total. The molecule has 4 atom stereocenters. The Hall–Kier alpha value is -8.09. The molecule has 1 amide bonds. The summed E-state index contributed by atoms with van der Waals surface area (Å²) in [6.07, 6.45) is 21.3. The number of aromatic nitrogens is 16. The van der Waals surface area contributed by atoms with Crippen LogP contribution >= 0.6 is 23.2 Å². The molecule has 5 fully saturated rings. The monoisotopic (exact) mass is 1590 g/mol. The normalized spacial score (nSPS) is 19.5. The number of nitrogens with one attached hydrogen (secondary N) is 2. The number of aliphatic hydroxyl groups is 2. The molecule has 5 aliphatic heterocycles. The topological polar surface area (TPSA) is 359 Å². The number of alkyl halides is 4. The van der Waals surface area contributed by atoms with Crippen molar-refractivity contribution in [2.45, 2.75) is 190 Å². The SMILES string of the molecule is C.CC(F)(F)c1cn(CC2CCN(S(C)(=O)=O)CC2)c2ncnc(Cl)c12.CC(F)(F)c1cn(CC2CCNCC2)c2ncnc(Cl)c12.CC1C(CO)OC(n2c(N)nc3c(N)ncnc32)C1O.Cc1cn(CC2CCN(C(=O)OC(C)(C)C)CC2)c2ncnc(C)c12.Cc1cn(CC2CCNCC2)c2ncnc(C)c12. The molecule has 5 aliphatic rings. The first-order valence-electron chi connectivity index (χ1n) is 36.9. The number of sulfonamides is 1. The number of carbonyl (C=O) groups excluding carboxylic acids is 1. The standard InChI is InChI=1S/C19H28N4O2.C15H19ClF2N4O2S.C14H17ClF2N4.C14H20N4.C11H16N6O3.CH4/c1-13-10-23(17-16(13)14(2)20-12-21-17)11-15-6-8-22(9-7-15)18(24)25-19(3,4)5;1-15(17,18)11-8-21(14-12(11)13(16)19-9-20-14)7-10-3-5-22(6-4-10)25(2,23)24;1-14(16,17)10-7-21(6-9-2-4-18-5-3-9)13-11(10)12(15)19-8-20-13;1-10-7-18(8-12-3-5-15-6-4-12)14-13(10)11(2)16-9-17-14;1-4-5(2-18)20-10(7(4)19)17-9-6(16-11(17)13)8(12)14-3-15-9;/h10,12,15H,6-9,11H2,1-5H3;8-10H,3-7H2,1-2H3;7-9,18H,2-6H2,1H3;7,9,12,15H,3-6,8H2,1-2H3;3-5,7,10,18-19H,2H2,1H3,(H2,13,16)(H2,12,14,15);1H4. The second kappa shape index (κ2) is 35.3. The lowest BCUT2D eigenvalue weighted by Crippen LogP contribution is -2.42. The largest absolute Gasteiger partial charge is 0.444 e. The van der Waals surface area contributed by atoms with Crippen LogP contribution in [0.1, 0.15) is 140 Å². The maximum Gasteiger partial charge on any atom is 0.410 e. The third kappa shape index (κ3) is 19.7. The number of rotatable bonds is 13. The molecule has 15 heterocycles. The van der Waals surface area contributed by atoms with E-state index in [0.717, 1.165) is 126 Å². The van der Waals surface area contributed by atoms with E-state index in [4.69, 9.17) is 44.1 Å². The Morgan fingerprint density at radius 2 is 0.973 bits per heavy atom. The van der Waals surface area contributed by atoms with Crippen LogP contribution in [0.25, 0.3) is 55.3 Å². The van der Waals surface area contributed by atoms with E-state index < -0.39 is 45.9 Å². The summed E-state index contributed by atoms with van der Waals surface area (Å²) in [6, 6.07) is 0. The van der Waals surface area contributed by atoms with Crippen LogP contribution in [0.4, 0.5) is 34.1 Å². The summed E-state index contributed by atoms with van der Waals surface area (Å²) in [5.41, 5.74) is 19.2. The minimum absolute atomic E-state index is 0. The van der Waals surface area contributed by atoms with E-state index in [2.05, 4.69) is 108 Å². The van der Waals surface area contributed by atoms with Crippen LogP contribution in [0.3, 0.4) is 0 Å². The van der Waals surface area contributed by atoms with Crippen molar-refractivity contribution in [3.05, 3.63) is 100 Å². The average Bonchev–Trinajstić information content (AvgIpc) is 1.63. The number of nitrogen functional groups attached to an aromatic ring is 2. The van der Waals surface area contributed by atoms with E-state index in [-0.39, 0.29) is 75.9 Å². The number of anilines is 2. The zero-order chi connectivity index (χ0) is 78.6. The molecule has 0 spiro atoms. The zero-order valence-corrected chi connectivity index (χ0v) is 65.8. The van der Waals surface area contributed by atoms with Gasteiger partial charge in [0.25, 0.3) is 11.8 Å². The van der Waals surface area contributed by atoms with Crippen LogP contribution in [0, 0.1) is 57.3 Å². The van der Waals surface area contributed by atoms with Gasteiger partial charge in [-0.2, -0.15) is 0 Å². The number of hydrogen-bond acceptors (Lipinski definition) is 22. The molecule has 8 N–H and O–H groups in total. The molecule has 110 heavy (non-hydrogen) atoms. The van der Waals surface area contributed by atoms with E-state index >= 15 is 0 Å². The third-order valence-electron chi connectivity index (χ3n) is 21.0. The minimum atomic E-state index is -3.19. The van der Waals surface area contributed by atoms with Gasteiger partial charge in [-0.25, -0.2) is 89.9 Å². The van der Waals surface area contributed by atoms with E-state index in [1.807, 2.05) is 32.6 Å². The van der Waals surface area contributed by atoms with Gasteiger partial charge in [-0.3, -0.25) is 4.57 Å². The van der Waals surface area contributed by atoms with Crippen LogP contribution in [0.15, 0.2) is 56.4 Å². The van der Waals surface area contributed by atoms with Gasteiger partial charge in [-0.05, 0) is 161 Å². The Morgan fingerprint density at radius 1 is 0.591 bits per heavy atom. The van der Waals surface area contributed by atoms with Crippen molar-refractivity contribution < 1.29 is 50.5 Å². The number of fused-ring (bicyclic) bond motifs is 5. The van der Waals surface area contributed by atoms with Gasteiger partial charge < -0.3 is 65.0 Å². The molecule has 36 heteroatoms. The molecule has 600 valence electrons. The second-order valence-corrected chi connectivity index (χ2v) is 33.1. The highest BCUT2D eigenvalue weighted by atomic mass is 35.5. The van der Waals surface area contributed by atoms with Crippen molar-refractivity contribution >= 4 is 106 Å². The number of likely N-dealkylation sites (tertiary alicyclic amines) is 1. The molecule has 0 radical (unpaired) electrons. The van der Waals surface area contributed by atoms with E-state index in [1.54, 1.807) is 28.7 Å². The second-order valence-electron chi connectivity index (χ2n) is 30.4. The van der Waals surface area contributed by atoms with Crippen LogP contribution in [0.5, 0.6) is 0 Å². The van der Waals surface area contributed by atoms with Gasteiger partial charge in [0.1, 0.15) is 76.2 Å². The summed E-state index contributed by atoms with van der Waals surface area (Å²) < 4.78 is 101. The smallest absolute Gasteiger partial charge is 0.410 e. The summed E-state index contributed by atoms with van der Waals surface area (Å²) in [6.45, 7) is 27.2. The summed E-state index contributed by atoms with van der Waals surface area (Å²) in [5, 5.41) is 29.2. The quantitative estimate of drug-likeness (QED) is 0.0461. The lowest BCUT2D eigenvalue weighted by Gasteiger charge is -2.33. The Balaban J connectivity index is 0.000000147. The summed E-state index contributed by atoms with van der Waals surface area (Å²) >= 11 is 12.0. The number of aliphatic hydroxyl groups excluding tert-OH is 2. The third-order valence-corrected chi connectivity index (χ3v) is 22.8. The van der Waals surface area contributed by atoms with Crippen LogP contribution < -0.4 is 22.1 Å². The van der Waals surface area contributed by atoms with E-state index in [9.17, 15) is 41.0 Å². The molecular formula is C74H104Cl2F4N22O7S. The molecule has 5 saturated heterocycles. The Bertz CT molecular complexity index is 4920. The minimum Gasteiger partial charge on any atom is -0.444 e. The van der Waals surface area contributed by atoms with Gasteiger partial charge in [0.2, 0.25) is 16.0 Å². The fraction of sp³-hybridized carbons (Fsp3) is 0.595. The highest BCUT2D eigenvalue weighted by molar-refractivity contribution is 7.88. The van der Waals surface area contributed by atoms with Gasteiger partial charge in [0.15, 0.2) is 23.2 Å². The zero-order valence-electron chi connectivity index (χ0n) is 63.5. The number of imidazole rings is 1. The van der Waals surface area contributed by atoms with Crippen LogP contribution in [-0.2, 0) is 57.5 Å². The Labute approximate surface area is 647 Å². The van der Waals surface area contributed by atoms with E-state index in [1.165, 1.54) is 75.9 Å². The first-order valence-corrected chi connectivity index (χ1v) is 39.5. The molecule has 15 rings (SSSR count). The van der Waals surface area contributed by atoms with Gasteiger partial charge in [-0.1, -0.05) is 37.6 Å². The predicted molar refractivity (Wildman–Crippen MR) is 416 cm³/mol. The summed E-state index contributed by atoms with van der Waals surface area (Å²) in [7, 11) is -3.19. The van der Waals surface area contributed by atoms with Crippen molar-refractivity contribution in [1.29, 1.82) is 0 Å². The molecule has 0 aromatic carbocycles. The molecule has 0 bridgehead atoms. The lowest BCUT2D eigenvalue weighted by atomic mass is 9.97. The number of nitrogens with two attached hydrogens (primary N) is 2. The number of halogens is 6. The molecule has 10 aromatic rings. The molecule has 10 aromatic heterocycles. The fourth-order valence-electron chi connectivity index (χ4n) is 15.2. The molecule has 0 aliphatic carbocycles. The molecule has 0 saturated carbocycles. The number of ether oxygens (including phenoxy) is 2. The Morgan fingerprint density at radius 3 is 1.37 bits per heavy atom. The van der Waals surface area contributed by atoms with Crippen molar-refractivity contribution in [3.8, 4) is 0 Å². The first-order chi connectivity index (χ1) is 51.6. The van der Waals surface area contributed by atoms with Gasteiger partial charge in [0, 0.05) is 108 Å². The van der Waals surface area contributed by atoms with Gasteiger partial charge in [-0.15, -0.1) is 0 Å². The summed E-state index contributed by atoms with van der Waals surface area (Å²) in [4.78, 5) is 59.5. The van der Waals surface area contributed by atoms with Crippen LogP contribution in [0.2, 0.25) is 10.3 Å². The highest BCUT2D eigenvalue weighted by Gasteiger charge is 2.44. The van der Waals surface area contributed by atoms with Crippen LogP contribution in [-0.4, -0.2) is 195 Å². The number of piperidine rings is 4. The maximum atomic E-state index is 13.9. The number of hydrogen-bond donors (Lipinski definition) is 6. The number of aryl methyl sites for hydroxylation is 4. The van der Waals surface area contributed by atoms with E-state index in [0.29, 0.717) is 73.3 Å². The van der Waals surface area contributed by atoms with Crippen molar-refractivity contribution in [3.63, 3.8) is 0 Å². The lowest BCUT2D eigenvalue weighted by molar-refractivity contribution is -0.0480. The highest BCUT2D eigenvalue weighted by Crippen LogP contribution is 2.41. The number of carbonyl (C=O) groups is 1. The predicted octanol–water partition coefficient (Wildman–Crippen LogP) is 11.3. The van der Waals surface area contributed by atoms with Gasteiger partial charge in [0.05, 0.1) is 52.3 Å². The number of amides is 1. The molecular weight excluding hydrogens is 1490 g/mol. The number of nitrogens with zero attached hydrogens (tertiary/aromatic N) is 18. The van der Waals surface area contributed by atoms with Crippen molar-refractivity contribution in [2.75, 3.05) is 76.7 Å². The van der Waals surface area contributed by atoms with Gasteiger partial charge >= 0.3 is 6.09 Å². The Kier molecular flexibility index (Phi) is 27.1. The molecule has 4 unspecified atom stereocenters. The van der Waals surface area contributed by atoms with Crippen molar-refractivity contribution in [2.24, 2.45) is 29.6 Å². The fourth-order valence-corrected chi connectivity index (χ4v) is 16.5. The maximum absolute atomic E-state index is 13.9. The summed E-state index contributed by atoms with van der Waals surface area (Å²) in [5.74, 6) is -3.96. The van der Waals surface area contributed by atoms with Crippen molar-refractivity contribution in [1.82, 2.24) is 97.5 Å². The first kappa shape index (κ1) is 84.4. The average molecular weight is 1590 g/mol.